The molecule has 3 nitrogen and oxygen atoms in total. The summed E-state index contributed by atoms with van der Waals surface area (Å²) in [5.41, 5.74) is 0.154. The van der Waals surface area contributed by atoms with Gasteiger partial charge in [-0.15, -0.1) is 0 Å². The Morgan fingerprint density at radius 1 is 1.27 bits per heavy atom. The first-order valence-electron chi connectivity index (χ1n) is 5.95. The van der Waals surface area contributed by atoms with Crippen LogP contribution in [-0.4, -0.2) is 22.7 Å². The fraction of sp³-hybridized carbons (Fsp3) is 0.917. The molecular weight excluding hydrogens is 190 g/mol. The van der Waals surface area contributed by atoms with Crippen LogP contribution < -0.4 is 5.32 Å². The van der Waals surface area contributed by atoms with E-state index in [1.54, 1.807) is 6.92 Å². The fourth-order valence-corrected chi connectivity index (χ4v) is 2.36. The van der Waals surface area contributed by atoms with Crippen molar-refractivity contribution in [2.45, 2.75) is 64.5 Å². The summed E-state index contributed by atoms with van der Waals surface area (Å²) in [6, 6.07) is 0.0469. The van der Waals surface area contributed by atoms with Gasteiger partial charge in [0.25, 0.3) is 0 Å². The molecular formula is C12H23NO2. The lowest BCUT2D eigenvalue weighted by Crippen LogP contribution is -2.51. The predicted molar refractivity (Wildman–Crippen MR) is 60.9 cm³/mol. The Labute approximate surface area is 92.3 Å². The van der Waals surface area contributed by atoms with E-state index in [9.17, 15) is 4.79 Å². The molecule has 0 spiro atoms. The van der Waals surface area contributed by atoms with Gasteiger partial charge in [-0.25, -0.2) is 0 Å². The van der Waals surface area contributed by atoms with Crippen molar-refractivity contribution >= 4 is 5.97 Å². The fourth-order valence-electron chi connectivity index (χ4n) is 2.36. The van der Waals surface area contributed by atoms with E-state index in [-0.39, 0.29) is 17.5 Å². The normalized spacial score (nSPS) is 24.5. The van der Waals surface area contributed by atoms with Gasteiger partial charge in [0.2, 0.25) is 0 Å². The monoisotopic (exact) mass is 213 g/mol. The number of rotatable bonds is 4. The number of hydrogen-bond acceptors (Lipinski definition) is 2. The number of nitrogens with one attached hydrogen (secondary N) is 1. The Bertz CT molecular complexity index is 222. The number of aliphatic carboxylic acids is 1. The molecule has 1 saturated carbocycles. The van der Waals surface area contributed by atoms with Crippen molar-refractivity contribution in [3.05, 3.63) is 0 Å². The number of carboxylic acid groups (broad SMARTS) is 1. The van der Waals surface area contributed by atoms with Crippen molar-refractivity contribution in [1.82, 2.24) is 5.32 Å². The Balaban J connectivity index is 2.48. The second kappa shape index (κ2) is 4.97. The first kappa shape index (κ1) is 12.5. The van der Waals surface area contributed by atoms with E-state index in [1.165, 1.54) is 32.1 Å². The van der Waals surface area contributed by atoms with Crippen molar-refractivity contribution in [2.75, 3.05) is 0 Å². The van der Waals surface area contributed by atoms with Crippen LogP contribution in [0.3, 0.4) is 0 Å². The van der Waals surface area contributed by atoms with Crippen LogP contribution in [0.15, 0.2) is 0 Å². The maximum absolute atomic E-state index is 10.8. The van der Waals surface area contributed by atoms with Crippen LogP contribution in [-0.2, 0) is 4.79 Å². The zero-order chi connectivity index (χ0) is 11.5. The molecule has 1 fully saturated rings. The molecule has 0 aromatic rings. The molecule has 1 aliphatic carbocycles. The zero-order valence-corrected chi connectivity index (χ0v) is 10.0. The summed E-state index contributed by atoms with van der Waals surface area (Å²) in [5, 5.41) is 12.4. The summed E-state index contributed by atoms with van der Waals surface area (Å²) in [7, 11) is 0. The molecule has 88 valence electrons. The molecule has 0 aromatic heterocycles. The lowest BCUT2D eigenvalue weighted by atomic mass is 9.82. The summed E-state index contributed by atoms with van der Waals surface area (Å²) in [6.45, 7) is 5.96. The maximum Gasteiger partial charge on any atom is 0.307 e. The molecule has 3 heteroatoms. The highest BCUT2D eigenvalue weighted by molar-refractivity contribution is 5.70. The van der Waals surface area contributed by atoms with Crippen molar-refractivity contribution < 1.29 is 9.90 Å². The molecule has 0 radical (unpaired) electrons. The molecule has 2 N–H and O–H groups in total. The molecule has 0 aliphatic heterocycles. The summed E-state index contributed by atoms with van der Waals surface area (Å²) < 4.78 is 0. The highest BCUT2D eigenvalue weighted by atomic mass is 16.4. The molecule has 0 amide bonds. The number of carboxylic acids is 1. The largest absolute Gasteiger partial charge is 0.481 e. The van der Waals surface area contributed by atoms with E-state index in [0.29, 0.717) is 0 Å². The molecule has 0 saturated heterocycles. The van der Waals surface area contributed by atoms with Gasteiger partial charge in [0.1, 0.15) is 0 Å². The van der Waals surface area contributed by atoms with Crippen molar-refractivity contribution in [3.63, 3.8) is 0 Å². The summed E-state index contributed by atoms with van der Waals surface area (Å²) in [4.78, 5) is 10.8. The van der Waals surface area contributed by atoms with Crippen LogP contribution in [0.1, 0.15) is 52.9 Å². The highest BCUT2D eigenvalue weighted by Crippen LogP contribution is 2.28. The number of carbonyl (C=O) groups is 1. The second-order valence-corrected chi connectivity index (χ2v) is 5.18. The minimum atomic E-state index is -0.714. The molecule has 0 heterocycles. The predicted octanol–water partition coefficient (Wildman–Crippen LogP) is 2.41. The van der Waals surface area contributed by atoms with E-state index >= 15 is 0 Å². The van der Waals surface area contributed by atoms with Crippen molar-refractivity contribution in [1.29, 1.82) is 0 Å². The molecule has 1 rings (SSSR count). The average molecular weight is 213 g/mol. The van der Waals surface area contributed by atoms with Crippen LogP contribution in [0.2, 0.25) is 0 Å². The van der Waals surface area contributed by atoms with Crippen LogP contribution in [0.25, 0.3) is 0 Å². The van der Waals surface area contributed by atoms with Crippen molar-refractivity contribution in [2.24, 2.45) is 5.92 Å². The van der Waals surface area contributed by atoms with Crippen LogP contribution in [0.4, 0.5) is 0 Å². The third-order valence-corrected chi connectivity index (χ3v) is 3.67. The average Bonchev–Trinajstić information content (AvgIpc) is 2.16. The van der Waals surface area contributed by atoms with E-state index < -0.39 is 5.97 Å². The van der Waals surface area contributed by atoms with E-state index in [1.807, 2.05) is 6.92 Å². The second-order valence-electron chi connectivity index (χ2n) is 5.18. The van der Waals surface area contributed by atoms with Gasteiger partial charge in [0, 0.05) is 11.6 Å². The first-order valence-corrected chi connectivity index (χ1v) is 5.95. The zero-order valence-electron chi connectivity index (χ0n) is 10.0. The van der Waals surface area contributed by atoms with Gasteiger partial charge < -0.3 is 10.4 Å². The molecule has 15 heavy (non-hydrogen) atoms. The van der Waals surface area contributed by atoms with Crippen molar-refractivity contribution in [3.8, 4) is 0 Å². The highest BCUT2D eigenvalue weighted by Gasteiger charge is 2.30. The molecule has 0 bridgehead atoms. The Hall–Kier alpha value is -0.570. The smallest absolute Gasteiger partial charge is 0.307 e. The van der Waals surface area contributed by atoms with Gasteiger partial charge in [-0.3, -0.25) is 4.79 Å². The number of hydrogen-bond donors (Lipinski definition) is 2. The Morgan fingerprint density at radius 3 is 2.27 bits per heavy atom. The molecule has 2 unspecified atom stereocenters. The molecule has 0 aromatic carbocycles. The lowest BCUT2D eigenvalue weighted by molar-refractivity contribution is -0.142. The van der Waals surface area contributed by atoms with Gasteiger partial charge >= 0.3 is 5.97 Å². The van der Waals surface area contributed by atoms with Gasteiger partial charge in [-0.2, -0.15) is 0 Å². The Kier molecular flexibility index (Phi) is 4.14. The van der Waals surface area contributed by atoms with Crippen LogP contribution in [0, 0.1) is 5.92 Å². The Morgan fingerprint density at radius 2 is 1.80 bits per heavy atom. The minimum Gasteiger partial charge on any atom is -0.481 e. The quantitative estimate of drug-likeness (QED) is 0.754. The van der Waals surface area contributed by atoms with Gasteiger partial charge in [0.05, 0.1) is 5.92 Å². The van der Waals surface area contributed by atoms with E-state index in [0.717, 1.165) is 0 Å². The molecule has 1 aliphatic rings. The molecule has 2 atom stereocenters. The third kappa shape index (κ3) is 3.49. The van der Waals surface area contributed by atoms with Crippen LogP contribution >= 0.6 is 0 Å². The SMILES string of the molecule is CC(NC1(C)CCCCC1)C(C)C(=O)O. The van der Waals surface area contributed by atoms with E-state index in [2.05, 4.69) is 12.2 Å². The first-order chi connectivity index (χ1) is 6.94. The maximum atomic E-state index is 10.8. The lowest BCUT2D eigenvalue weighted by Gasteiger charge is -2.38. The van der Waals surface area contributed by atoms with Gasteiger partial charge in [-0.1, -0.05) is 26.2 Å². The topological polar surface area (TPSA) is 49.3 Å². The van der Waals surface area contributed by atoms with Gasteiger partial charge in [-0.05, 0) is 26.7 Å². The summed E-state index contributed by atoms with van der Waals surface area (Å²) in [6.07, 6.45) is 6.18. The standard InChI is InChI=1S/C12H23NO2/c1-9(11(14)15)10(2)13-12(3)7-5-4-6-8-12/h9-10,13H,4-8H2,1-3H3,(H,14,15). The van der Waals surface area contributed by atoms with Crippen LogP contribution in [0.5, 0.6) is 0 Å². The third-order valence-electron chi connectivity index (χ3n) is 3.67. The summed E-state index contributed by atoms with van der Waals surface area (Å²) in [5.74, 6) is -1.03. The van der Waals surface area contributed by atoms with E-state index in [4.69, 9.17) is 5.11 Å². The minimum absolute atomic E-state index is 0.0469. The summed E-state index contributed by atoms with van der Waals surface area (Å²) >= 11 is 0. The van der Waals surface area contributed by atoms with Gasteiger partial charge in [0.15, 0.2) is 0 Å².